The third-order valence-corrected chi connectivity index (χ3v) is 5.24. The molecule has 26 heavy (non-hydrogen) atoms. The van der Waals surface area contributed by atoms with Gasteiger partial charge >= 0.3 is 0 Å². The van der Waals surface area contributed by atoms with Gasteiger partial charge in [0.25, 0.3) is 5.91 Å². The number of hydrogen-bond donors (Lipinski definition) is 0. The van der Waals surface area contributed by atoms with Gasteiger partial charge in [-0.2, -0.15) is 0 Å². The Morgan fingerprint density at radius 3 is 2.38 bits per heavy atom. The maximum atomic E-state index is 13.0. The molecular formula is C20H20Cl2N2O2. The van der Waals surface area contributed by atoms with Gasteiger partial charge in [0, 0.05) is 26.6 Å². The Morgan fingerprint density at radius 2 is 1.73 bits per heavy atom. The molecule has 0 heterocycles. The molecule has 6 heteroatoms. The molecular weight excluding hydrogens is 371 g/mol. The van der Waals surface area contributed by atoms with Crippen LogP contribution in [0.3, 0.4) is 0 Å². The lowest BCUT2D eigenvalue weighted by atomic mass is 10.1. The first-order valence-electron chi connectivity index (χ1n) is 8.44. The molecule has 0 aromatic heterocycles. The fourth-order valence-corrected chi connectivity index (χ4v) is 3.18. The fourth-order valence-electron chi connectivity index (χ4n) is 2.86. The standard InChI is InChI=1S/C20H20Cl2N2O2/c1-23(12-13-7-10-16(21)17(22)11-13)20(26)15-5-3-4-6-18(15)24(2)19(25)14-8-9-14/h3-7,10-11,14H,8-9,12H2,1-2H3. The van der Waals surface area contributed by atoms with Gasteiger partial charge in [0.1, 0.15) is 0 Å². The second-order valence-corrected chi connectivity index (χ2v) is 7.41. The molecule has 0 spiro atoms. The zero-order chi connectivity index (χ0) is 18.8. The van der Waals surface area contributed by atoms with E-state index in [2.05, 4.69) is 0 Å². The molecule has 2 aromatic rings. The van der Waals surface area contributed by atoms with E-state index in [0.717, 1.165) is 18.4 Å². The molecule has 4 nitrogen and oxygen atoms in total. The van der Waals surface area contributed by atoms with E-state index < -0.39 is 0 Å². The summed E-state index contributed by atoms with van der Waals surface area (Å²) in [6.07, 6.45) is 1.85. The van der Waals surface area contributed by atoms with Crippen LogP contribution in [0.1, 0.15) is 28.8 Å². The van der Waals surface area contributed by atoms with Crippen LogP contribution in [0.25, 0.3) is 0 Å². The lowest BCUT2D eigenvalue weighted by Gasteiger charge is -2.23. The summed E-state index contributed by atoms with van der Waals surface area (Å²) in [4.78, 5) is 28.5. The molecule has 0 atom stereocenters. The zero-order valence-corrected chi connectivity index (χ0v) is 16.2. The Morgan fingerprint density at radius 1 is 1.04 bits per heavy atom. The van der Waals surface area contributed by atoms with Crippen molar-refractivity contribution in [3.8, 4) is 0 Å². The average Bonchev–Trinajstić information content (AvgIpc) is 3.48. The molecule has 136 valence electrons. The third-order valence-electron chi connectivity index (χ3n) is 4.50. The number of carbonyl (C=O) groups excluding carboxylic acids is 2. The number of rotatable bonds is 5. The summed E-state index contributed by atoms with van der Waals surface area (Å²) in [5.74, 6) is 0.0107. The van der Waals surface area contributed by atoms with Crippen LogP contribution in [0, 0.1) is 5.92 Å². The van der Waals surface area contributed by atoms with Gasteiger partial charge in [-0.3, -0.25) is 9.59 Å². The third kappa shape index (κ3) is 4.02. The quantitative estimate of drug-likeness (QED) is 0.745. The summed E-state index contributed by atoms with van der Waals surface area (Å²) in [6.45, 7) is 0.393. The van der Waals surface area contributed by atoms with Gasteiger partial charge in [0.2, 0.25) is 5.91 Å². The van der Waals surface area contributed by atoms with Crippen LogP contribution in [-0.4, -0.2) is 30.8 Å². The van der Waals surface area contributed by atoms with Crippen LogP contribution in [0.2, 0.25) is 10.0 Å². The Balaban J connectivity index is 1.80. The predicted molar refractivity (Wildman–Crippen MR) is 105 cm³/mol. The van der Waals surface area contributed by atoms with Gasteiger partial charge in [0.05, 0.1) is 21.3 Å². The SMILES string of the molecule is CN(Cc1ccc(Cl)c(Cl)c1)C(=O)c1ccccc1N(C)C(=O)C1CC1. The Bertz CT molecular complexity index is 849. The van der Waals surface area contributed by atoms with E-state index in [1.807, 2.05) is 12.1 Å². The van der Waals surface area contributed by atoms with Gasteiger partial charge in [-0.25, -0.2) is 0 Å². The van der Waals surface area contributed by atoms with Gasteiger partial charge in [-0.15, -0.1) is 0 Å². The first-order chi connectivity index (χ1) is 12.4. The molecule has 3 rings (SSSR count). The number of hydrogen-bond acceptors (Lipinski definition) is 2. The molecule has 0 aliphatic heterocycles. The average molecular weight is 391 g/mol. The first-order valence-corrected chi connectivity index (χ1v) is 9.20. The van der Waals surface area contributed by atoms with Crippen LogP contribution >= 0.6 is 23.2 Å². The van der Waals surface area contributed by atoms with Crippen LogP contribution < -0.4 is 4.90 Å². The number of anilines is 1. The summed E-state index contributed by atoms with van der Waals surface area (Å²) in [5.41, 5.74) is 2.03. The second-order valence-electron chi connectivity index (χ2n) is 6.60. The molecule has 0 radical (unpaired) electrons. The highest BCUT2D eigenvalue weighted by Gasteiger charge is 2.33. The molecule has 0 bridgehead atoms. The van der Waals surface area contributed by atoms with Crippen molar-refractivity contribution < 1.29 is 9.59 Å². The van der Waals surface area contributed by atoms with Crippen molar-refractivity contribution in [2.24, 2.45) is 5.92 Å². The van der Waals surface area contributed by atoms with Crippen LogP contribution in [0.5, 0.6) is 0 Å². The lowest BCUT2D eigenvalue weighted by molar-refractivity contribution is -0.119. The first kappa shape index (κ1) is 18.7. The molecule has 0 saturated heterocycles. The normalized spacial score (nSPS) is 13.4. The maximum absolute atomic E-state index is 13.0. The summed E-state index contributed by atoms with van der Waals surface area (Å²) in [5, 5.41) is 0.940. The largest absolute Gasteiger partial charge is 0.337 e. The molecule has 0 N–H and O–H groups in total. The number of benzene rings is 2. The summed E-state index contributed by atoms with van der Waals surface area (Å²) in [7, 11) is 3.45. The van der Waals surface area contributed by atoms with E-state index >= 15 is 0 Å². The van der Waals surface area contributed by atoms with Gasteiger partial charge in [-0.1, -0.05) is 41.4 Å². The van der Waals surface area contributed by atoms with Crippen molar-refractivity contribution in [1.82, 2.24) is 4.90 Å². The van der Waals surface area contributed by atoms with Crippen molar-refractivity contribution in [2.75, 3.05) is 19.0 Å². The number of nitrogens with zero attached hydrogens (tertiary/aromatic N) is 2. The molecule has 1 fully saturated rings. The molecule has 2 amide bonds. The number of amides is 2. The molecule has 0 unspecified atom stereocenters. The predicted octanol–water partition coefficient (Wildman–Crippen LogP) is 4.64. The molecule has 1 saturated carbocycles. The molecule has 2 aromatic carbocycles. The minimum Gasteiger partial charge on any atom is -0.337 e. The molecule has 1 aliphatic rings. The highest BCUT2D eigenvalue weighted by atomic mass is 35.5. The number of para-hydroxylation sites is 1. The Labute approximate surface area is 163 Å². The van der Waals surface area contributed by atoms with E-state index in [4.69, 9.17) is 23.2 Å². The summed E-state index contributed by atoms with van der Waals surface area (Å²) >= 11 is 12.0. The summed E-state index contributed by atoms with van der Waals surface area (Å²) < 4.78 is 0. The highest BCUT2D eigenvalue weighted by molar-refractivity contribution is 6.42. The van der Waals surface area contributed by atoms with Crippen molar-refractivity contribution >= 4 is 40.7 Å². The van der Waals surface area contributed by atoms with Gasteiger partial charge in [0.15, 0.2) is 0 Å². The smallest absolute Gasteiger partial charge is 0.256 e. The minimum atomic E-state index is -0.151. The number of halogens is 2. The lowest BCUT2D eigenvalue weighted by Crippen LogP contribution is -2.32. The van der Waals surface area contributed by atoms with E-state index in [-0.39, 0.29) is 17.7 Å². The van der Waals surface area contributed by atoms with Crippen molar-refractivity contribution in [3.63, 3.8) is 0 Å². The summed E-state index contributed by atoms with van der Waals surface area (Å²) in [6, 6.07) is 12.5. The fraction of sp³-hybridized carbons (Fsp3) is 0.300. The maximum Gasteiger partial charge on any atom is 0.256 e. The Kier molecular flexibility index (Phi) is 5.54. The van der Waals surface area contributed by atoms with Gasteiger partial charge < -0.3 is 9.80 Å². The van der Waals surface area contributed by atoms with Crippen LogP contribution in [0.15, 0.2) is 42.5 Å². The van der Waals surface area contributed by atoms with Crippen LogP contribution in [0.4, 0.5) is 5.69 Å². The Hall–Kier alpha value is -2.04. The number of carbonyl (C=O) groups is 2. The molecule has 1 aliphatic carbocycles. The van der Waals surface area contributed by atoms with Crippen molar-refractivity contribution in [3.05, 3.63) is 63.6 Å². The zero-order valence-electron chi connectivity index (χ0n) is 14.7. The van der Waals surface area contributed by atoms with E-state index in [1.54, 1.807) is 54.2 Å². The minimum absolute atomic E-state index is 0.0670. The van der Waals surface area contributed by atoms with Gasteiger partial charge in [-0.05, 0) is 42.7 Å². The topological polar surface area (TPSA) is 40.6 Å². The van der Waals surface area contributed by atoms with Crippen LogP contribution in [-0.2, 0) is 11.3 Å². The van der Waals surface area contributed by atoms with E-state index in [0.29, 0.717) is 27.8 Å². The van der Waals surface area contributed by atoms with E-state index in [9.17, 15) is 9.59 Å². The van der Waals surface area contributed by atoms with Crippen molar-refractivity contribution in [2.45, 2.75) is 19.4 Å². The van der Waals surface area contributed by atoms with Crippen molar-refractivity contribution in [1.29, 1.82) is 0 Å². The van der Waals surface area contributed by atoms with E-state index in [1.165, 1.54) is 0 Å². The highest BCUT2D eigenvalue weighted by Crippen LogP contribution is 2.33. The monoisotopic (exact) mass is 390 g/mol. The second kappa shape index (κ2) is 7.68.